The third-order valence-corrected chi connectivity index (χ3v) is 6.08. The van der Waals surface area contributed by atoms with Crippen molar-refractivity contribution in [3.8, 4) is 0 Å². The summed E-state index contributed by atoms with van der Waals surface area (Å²) in [6.07, 6.45) is 0.525. The zero-order valence-corrected chi connectivity index (χ0v) is 14.3. The lowest BCUT2D eigenvalue weighted by atomic mass is 10.1. The zero-order chi connectivity index (χ0) is 16.3. The normalized spacial score (nSPS) is 21.5. The lowest BCUT2D eigenvalue weighted by Gasteiger charge is -2.24. The van der Waals surface area contributed by atoms with Crippen LogP contribution in [-0.2, 0) is 14.6 Å². The molecule has 0 saturated carbocycles. The Morgan fingerprint density at radius 3 is 2.59 bits per heavy atom. The Morgan fingerprint density at radius 1 is 1.41 bits per heavy atom. The van der Waals surface area contributed by atoms with E-state index in [-0.39, 0.29) is 36.0 Å². The molecule has 5 nitrogen and oxygen atoms in total. The predicted molar refractivity (Wildman–Crippen MR) is 87.7 cm³/mol. The highest BCUT2D eigenvalue weighted by Gasteiger charge is 2.32. The van der Waals surface area contributed by atoms with Crippen molar-refractivity contribution in [2.24, 2.45) is 0 Å². The highest BCUT2D eigenvalue weighted by Crippen LogP contribution is 2.18. The molecule has 1 heterocycles. The minimum atomic E-state index is -2.98. The molecule has 1 aliphatic heterocycles. The number of benzene rings is 1. The predicted octanol–water partition coefficient (Wildman–Crippen LogP) is 1.64. The maximum Gasteiger partial charge on any atom is 0.236 e. The van der Waals surface area contributed by atoms with Crippen molar-refractivity contribution in [3.05, 3.63) is 34.9 Å². The van der Waals surface area contributed by atoms with Crippen LogP contribution >= 0.6 is 11.6 Å². The second-order valence-corrected chi connectivity index (χ2v) is 8.38. The molecule has 2 atom stereocenters. The Bertz CT molecular complexity index is 631. The van der Waals surface area contributed by atoms with E-state index >= 15 is 0 Å². The lowest BCUT2D eigenvalue weighted by molar-refractivity contribution is -0.130. The van der Waals surface area contributed by atoms with Crippen molar-refractivity contribution in [1.82, 2.24) is 10.2 Å². The fourth-order valence-corrected chi connectivity index (χ4v) is 4.42. The molecule has 0 spiro atoms. The fourth-order valence-electron chi connectivity index (χ4n) is 2.52. The molecule has 1 aliphatic rings. The first-order chi connectivity index (χ1) is 10.3. The van der Waals surface area contributed by atoms with Gasteiger partial charge in [0.05, 0.1) is 18.1 Å². The van der Waals surface area contributed by atoms with Gasteiger partial charge in [-0.1, -0.05) is 23.7 Å². The third-order valence-electron chi connectivity index (χ3n) is 4.08. The fraction of sp³-hybridized carbons (Fsp3) is 0.533. The van der Waals surface area contributed by atoms with Crippen molar-refractivity contribution < 1.29 is 13.2 Å². The van der Waals surface area contributed by atoms with Gasteiger partial charge in [0.15, 0.2) is 9.84 Å². The van der Waals surface area contributed by atoms with Crippen LogP contribution in [0.2, 0.25) is 5.02 Å². The maximum absolute atomic E-state index is 12.2. The average Bonchev–Trinajstić information content (AvgIpc) is 2.84. The molecule has 122 valence electrons. The number of rotatable bonds is 5. The highest BCUT2D eigenvalue weighted by molar-refractivity contribution is 7.91. The van der Waals surface area contributed by atoms with Crippen molar-refractivity contribution in [3.63, 3.8) is 0 Å². The number of carbonyl (C=O) groups excluding carboxylic acids is 1. The van der Waals surface area contributed by atoms with Gasteiger partial charge in [-0.15, -0.1) is 0 Å². The zero-order valence-electron chi connectivity index (χ0n) is 12.8. The average molecular weight is 345 g/mol. The number of likely N-dealkylation sites (N-methyl/N-ethyl adjacent to an activating group) is 1. The monoisotopic (exact) mass is 344 g/mol. The minimum absolute atomic E-state index is 0.0157. The number of amides is 1. The number of nitrogens with one attached hydrogen (secondary N) is 1. The van der Waals surface area contributed by atoms with Gasteiger partial charge in [-0.2, -0.15) is 0 Å². The number of nitrogens with zero attached hydrogens (tertiary/aromatic N) is 1. The first-order valence-corrected chi connectivity index (χ1v) is 9.43. The van der Waals surface area contributed by atoms with Crippen LogP contribution in [0.4, 0.5) is 0 Å². The second-order valence-electron chi connectivity index (χ2n) is 5.72. The molecule has 1 fully saturated rings. The van der Waals surface area contributed by atoms with Gasteiger partial charge in [0.2, 0.25) is 5.91 Å². The van der Waals surface area contributed by atoms with Gasteiger partial charge in [0, 0.05) is 24.2 Å². The van der Waals surface area contributed by atoms with Gasteiger partial charge >= 0.3 is 0 Å². The van der Waals surface area contributed by atoms with Crippen LogP contribution < -0.4 is 5.32 Å². The molecule has 2 rings (SSSR count). The summed E-state index contributed by atoms with van der Waals surface area (Å²) in [5, 5.41) is 3.83. The SMILES string of the molecule is C[C@@H](NCC(=O)N(C)[C@@H]1CCS(=O)(=O)C1)c1ccc(Cl)cc1. The Balaban J connectivity index is 1.85. The van der Waals surface area contributed by atoms with Crippen LogP contribution in [-0.4, -0.2) is 50.4 Å². The molecule has 0 bridgehead atoms. The largest absolute Gasteiger partial charge is 0.341 e. The van der Waals surface area contributed by atoms with Gasteiger partial charge in [-0.25, -0.2) is 8.42 Å². The Labute approximate surface area is 136 Å². The number of hydrogen-bond acceptors (Lipinski definition) is 4. The second kappa shape index (κ2) is 6.98. The van der Waals surface area contributed by atoms with Crippen LogP contribution in [0.5, 0.6) is 0 Å². The van der Waals surface area contributed by atoms with Crippen LogP contribution in [0.3, 0.4) is 0 Å². The molecule has 0 aliphatic carbocycles. The van der Waals surface area contributed by atoms with E-state index in [0.717, 1.165) is 5.56 Å². The summed E-state index contributed by atoms with van der Waals surface area (Å²) < 4.78 is 23.0. The van der Waals surface area contributed by atoms with E-state index in [0.29, 0.717) is 11.4 Å². The van der Waals surface area contributed by atoms with Crippen molar-refractivity contribution in [2.45, 2.75) is 25.4 Å². The smallest absolute Gasteiger partial charge is 0.236 e. The third kappa shape index (κ3) is 4.44. The molecule has 1 aromatic rings. The maximum atomic E-state index is 12.2. The van der Waals surface area contributed by atoms with Crippen LogP contribution in [0.15, 0.2) is 24.3 Å². The summed E-state index contributed by atoms with van der Waals surface area (Å²) in [6, 6.07) is 7.26. The molecule has 0 aromatic heterocycles. The van der Waals surface area contributed by atoms with Crippen LogP contribution in [0.25, 0.3) is 0 Å². The van der Waals surface area contributed by atoms with Gasteiger partial charge in [-0.05, 0) is 31.0 Å². The molecule has 22 heavy (non-hydrogen) atoms. The van der Waals surface area contributed by atoms with E-state index in [1.54, 1.807) is 11.9 Å². The standard InChI is InChI=1S/C15H21ClN2O3S/c1-11(12-3-5-13(16)6-4-12)17-9-15(19)18(2)14-7-8-22(20,21)10-14/h3-6,11,14,17H,7-10H2,1-2H3/t11-,14-/m1/s1. The van der Waals surface area contributed by atoms with Gasteiger partial charge in [0.25, 0.3) is 0 Å². The van der Waals surface area contributed by atoms with Gasteiger partial charge < -0.3 is 10.2 Å². The molecule has 1 amide bonds. The Hall–Kier alpha value is -1.11. The number of halogens is 1. The molecular weight excluding hydrogens is 324 g/mol. The first kappa shape index (κ1) is 17.2. The van der Waals surface area contributed by atoms with Crippen molar-refractivity contribution in [1.29, 1.82) is 0 Å². The molecular formula is C15H21ClN2O3S. The molecule has 1 saturated heterocycles. The van der Waals surface area contributed by atoms with E-state index in [2.05, 4.69) is 5.32 Å². The number of sulfone groups is 1. The summed E-state index contributed by atoms with van der Waals surface area (Å²) in [6.45, 7) is 2.15. The van der Waals surface area contributed by atoms with Gasteiger partial charge in [-0.3, -0.25) is 4.79 Å². The van der Waals surface area contributed by atoms with Crippen molar-refractivity contribution >= 4 is 27.3 Å². The quantitative estimate of drug-likeness (QED) is 0.881. The summed E-state index contributed by atoms with van der Waals surface area (Å²) >= 11 is 5.85. The van der Waals surface area contributed by atoms with Gasteiger partial charge in [0.1, 0.15) is 0 Å². The Morgan fingerprint density at radius 2 is 2.05 bits per heavy atom. The van der Waals surface area contributed by atoms with Crippen molar-refractivity contribution in [2.75, 3.05) is 25.1 Å². The first-order valence-electron chi connectivity index (χ1n) is 7.23. The number of carbonyl (C=O) groups is 1. The molecule has 1 aromatic carbocycles. The minimum Gasteiger partial charge on any atom is -0.341 e. The molecule has 0 radical (unpaired) electrons. The highest BCUT2D eigenvalue weighted by atomic mass is 35.5. The van der Waals surface area contributed by atoms with Crippen LogP contribution in [0.1, 0.15) is 24.9 Å². The van der Waals surface area contributed by atoms with E-state index in [4.69, 9.17) is 11.6 Å². The van der Waals surface area contributed by atoms with E-state index in [1.807, 2.05) is 31.2 Å². The Kier molecular flexibility index (Phi) is 5.47. The topological polar surface area (TPSA) is 66.5 Å². The van der Waals surface area contributed by atoms with Crippen LogP contribution in [0, 0.1) is 0 Å². The molecule has 1 N–H and O–H groups in total. The van der Waals surface area contributed by atoms with E-state index in [1.165, 1.54) is 0 Å². The molecule has 7 heteroatoms. The van der Waals surface area contributed by atoms with E-state index < -0.39 is 9.84 Å². The summed E-state index contributed by atoms with van der Waals surface area (Å²) in [5.74, 6) is 0.147. The summed E-state index contributed by atoms with van der Waals surface area (Å²) in [7, 11) is -1.31. The number of hydrogen-bond donors (Lipinski definition) is 1. The van der Waals surface area contributed by atoms with E-state index in [9.17, 15) is 13.2 Å². The molecule has 0 unspecified atom stereocenters. The summed E-state index contributed by atoms with van der Waals surface area (Å²) in [4.78, 5) is 13.7. The lowest BCUT2D eigenvalue weighted by Crippen LogP contribution is -2.43. The summed E-state index contributed by atoms with van der Waals surface area (Å²) in [5.41, 5.74) is 1.04.